The van der Waals surface area contributed by atoms with Gasteiger partial charge >= 0.3 is 5.97 Å². The van der Waals surface area contributed by atoms with Gasteiger partial charge in [0.05, 0.1) is 12.2 Å². The summed E-state index contributed by atoms with van der Waals surface area (Å²) in [5.74, 6) is -0.144. The monoisotopic (exact) mass is 399 g/mol. The second-order valence-electron chi connectivity index (χ2n) is 7.62. The van der Waals surface area contributed by atoms with Gasteiger partial charge in [-0.2, -0.15) is 0 Å². The summed E-state index contributed by atoms with van der Waals surface area (Å²) in [6, 6.07) is 0.0609. The van der Waals surface area contributed by atoms with Gasteiger partial charge in [0.25, 0.3) is 0 Å². The molecule has 4 atom stereocenters. The largest absolute Gasteiger partial charge is 0.461 e. The molecule has 2 N–H and O–H groups in total. The van der Waals surface area contributed by atoms with Gasteiger partial charge in [0.15, 0.2) is 0 Å². The summed E-state index contributed by atoms with van der Waals surface area (Å²) in [4.78, 5) is 11.5. The highest BCUT2D eigenvalue weighted by Gasteiger charge is 2.37. The lowest BCUT2D eigenvalue weighted by Crippen LogP contribution is -2.13. The van der Waals surface area contributed by atoms with E-state index in [2.05, 4.69) is 61.6 Å². The maximum atomic E-state index is 11.5. The third-order valence-electron chi connectivity index (χ3n) is 4.89. The van der Waals surface area contributed by atoms with Gasteiger partial charge in [0.1, 0.15) is 6.10 Å². The van der Waals surface area contributed by atoms with Crippen molar-refractivity contribution in [2.24, 2.45) is 5.73 Å². The maximum Gasteiger partial charge on any atom is 0.306 e. The van der Waals surface area contributed by atoms with E-state index in [1.807, 2.05) is 6.08 Å². The van der Waals surface area contributed by atoms with Crippen molar-refractivity contribution in [3.8, 4) is 0 Å². The summed E-state index contributed by atoms with van der Waals surface area (Å²) in [5.41, 5.74) is 5.61. The zero-order valence-corrected chi connectivity index (χ0v) is 17.7. The van der Waals surface area contributed by atoms with E-state index >= 15 is 0 Å². The first kappa shape index (κ1) is 23.4. The molecule has 1 saturated carbocycles. The Morgan fingerprint density at radius 3 is 1.97 bits per heavy atom. The number of hydrogen-bond donors (Lipinski definition) is 1. The molecular formula is C25H37NO3. The topological polar surface area (TPSA) is 64.8 Å². The molecule has 2 rings (SSSR count). The van der Waals surface area contributed by atoms with Crippen LogP contribution in [0.3, 0.4) is 0 Å². The minimum Gasteiger partial charge on any atom is -0.461 e. The Hall–Kier alpha value is -1.91. The maximum absolute atomic E-state index is 11.5. The number of ether oxygens (including phenoxy) is 2. The summed E-state index contributed by atoms with van der Waals surface area (Å²) in [6.45, 7) is 2.15. The predicted molar refractivity (Wildman–Crippen MR) is 119 cm³/mol. The normalized spacial score (nSPS) is 26.6. The van der Waals surface area contributed by atoms with Crippen molar-refractivity contribution in [1.82, 2.24) is 0 Å². The number of rotatable bonds is 15. The lowest BCUT2D eigenvalue weighted by molar-refractivity contribution is -0.144. The first-order valence-corrected chi connectivity index (χ1v) is 11.1. The number of esters is 1. The molecule has 1 aliphatic carbocycles. The lowest BCUT2D eigenvalue weighted by Gasteiger charge is -2.00. The van der Waals surface area contributed by atoms with Crippen LogP contribution in [-0.4, -0.2) is 30.3 Å². The van der Waals surface area contributed by atoms with Gasteiger partial charge < -0.3 is 15.2 Å². The molecule has 0 aromatic carbocycles. The van der Waals surface area contributed by atoms with Crippen molar-refractivity contribution in [2.75, 3.05) is 0 Å². The summed E-state index contributed by atoms with van der Waals surface area (Å²) >= 11 is 0. The molecule has 0 aromatic heterocycles. The van der Waals surface area contributed by atoms with Crippen molar-refractivity contribution < 1.29 is 14.3 Å². The highest BCUT2D eigenvalue weighted by molar-refractivity contribution is 5.70. The van der Waals surface area contributed by atoms with E-state index in [0.29, 0.717) is 18.6 Å². The van der Waals surface area contributed by atoms with E-state index in [1.165, 1.54) is 0 Å². The van der Waals surface area contributed by atoms with Crippen LogP contribution in [0.5, 0.6) is 0 Å². The fourth-order valence-corrected chi connectivity index (χ4v) is 2.91. The lowest BCUT2D eigenvalue weighted by atomic mass is 10.1. The van der Waals surface area contributed by atoms with E-state index in [9.17, 15) is 4.79 Å². The SMILES string of the molecule is CC/C=C\C/C=C\C/C=C\CC1OC1C/C=C\C/C=C\CCC(=O)OC1CC1N. The number of hydrogen-bond acceptors (Lipinski definition) is 4. The summed E-state index contributed by atoms with van der Waals surface area (Å²) in [7, 11) is 0. The number of epoxide rings is 1. The molecule has 1 heterocycles. The number of carbonyl (C=O) groups is 1. The molecule has 0 spiro atoms. The summed E-state index contributed by atoms with van der Waals surface area (Å²) < 4.78 is 10.9. The fourth-order valence-electron chi connectivity index (χ4n) is 2.91. The summed E-state index contributed by atoms with van der Waals surface area (Å²) in [6.07, 6.45) is 30.4. The van der Waals surface area contributed by atoms with Crippen LogP contribution >= 0.6 is 0 Å². The number of nitrogens with two attached hydrogens (primary N) is 1. The molecule has 0 amide bonds. The average Bonchev–Trinajstić information content (AvgIpc) is 3.61. The minimum absolute atomic E-state index is 0.0341. The zero-order chi connectivity index (χ0) is 20.7. The van der Waals surface area contributed by atoms with E-state index in [0.717, 1.165) is 51.4 Å². The van der Waals surface area contributed by atoms with Gasteiger partial charge in [-0.05, 0) is 44.9 Å². The molecule has 4 heteroatoms. The second-order valence-corrected chi connectivity index (χ2v) is 7.62. The molecule has 4 unspecified atom stereocenters. The molecule has 2 aliphatic rings. The number of carbonyl (C=O) groups excluding carboxylic acids is 1. The molecule has 4 nitrogen and oxygen atoms in total. The van der Waals surface area contributed by atoms with E-state index in [1.54, 1.807) is 0 Å². The van der Waals surface area contributed by atoms with Crippen molar-refractivity contribution in [3.05, 3.63) is 60.8 Å². The van der Waals surface area contributed by atoms with Gasteiger partial charge in [0, 0.05) is 18.9 Å². The Morgan fingerprint density at radius 2 is 1.41 bits per heavy atom. The second kappa shape index (κ2) is 14.1. The molecular weight excluding hydrogens is 362 g/mol. The third-order valence-corrected chi connectivity index (χ3v) is 4.89. The van der Waals surface area contributed by atoms with Crippen LogP contribution in [-0.2, 0) is 14.3 Å². The van der Waals surface area contributed by atoms with Crippen LogP contribution in [0.25, 0.3) is 0 Å². The van der Waals surface area contributed by atoms with Gasteiger partial charge in [-0.15, -0.1) is 0 Å². The highest BCUT2D eigenvalue weighted by atomic mass is 16.6. The first-order valence-electron chi connectivity index (χ1n) is 11.1. The zero-order valence-electron chi connectivity index (χ0n) is 17.7. The van der Waals surface area contributed by atoms with Crippen molar-refractivity contribution >= 4 is 5.97 Å². The van der Waals surface area contributed by atoms with Crippen LogP contribution in [0, 0.1) is 0 Å². The van der Waals surface area contributed by atoms with Gasteiger partial charge in [-0.3, -0.25) is 4.79 Å². The molecule has 0 bridgehead atoms. The van der Waals surface area contributed by atoms with Crippen LogP contribution < -0.4 is 5.73 Å². The fraction of sp³-hybridized carbons (Fsp3) is 0.560. The molecule has 0 aromatic rings. The molecule has 0 radical (unpaired) electrons. The first-order chi connectivity index (χ1) is 14.2. The van der Waals surface area contributed by atoms with Crippen molar-refractivity contribution in [2.45, 2.75) is 89.1 Å². The van der Waals surface area contributed by atoms with Gasteiger partial charge in [-0.25, -0.2) is 0 Å². The van der Waals surface area contributed by atoms with Crippen LogP contribution in [0.2, 0.25) is 0 Å². The van der Waals surface area contributed by atoms with Crippen molar-refractivity contribution in [3.63, 3.8) is 0 Å². The van der Waals surface area contributed by atoms with E-state index in [4.69, 9.17) is 15.2 Å². The van der Waals surface area contributed by atoms with Crippen LogP contribution in [0.4, 0.5) is 0 Å². The smallest absolute Gasteiger partial charge is 0.306 e. The van der Waals surface area contributed by atoms with Gasteiger partial charge in [0.2, 0.25) is 0 Å². The van der Waals surface area contributed by atoms with E-state index < -0.39 is 0 Å². The minimum atomic E-state index is -0.144. The summed E-state index contributed by atoms with van der Waals surface area (Å²) in [5, 5.41) is 0. The van der Waals surface area contributed by atoms with Crippen LogP contribution in [0.1, 0.15) is 64.7 Å². The van der Waals surface area contributed by atoms with E-state index in [-0.39, 0.29) is 18.1 Å². The van der Waals surface area contributed by atoms with Crippen LogP contribution in [0.15, 0.2) is 60.8 Å². The van der Waals surface area contributed by atoms with Gasteiger partial charge in [-0.1, -0.05) is 67.7 Å². The highest BCUT2D eigenvalue weighted by Crippen LogP contribution is 2.29. The quantitative estimate of drug-likeness (QED) is 0.230. The molecule has 2 fully saturated rings. The Labute approximate surface area is 176 Å². The Balaban J connectivity index is 1.40. The Bertz CT molecular complexity index is 618. The molecule has 1 aliphatic heterocycles. The standard InChI is InChI=1S/C25H37NO3/c1-2-3-4-5-6-7-8-11-14-17-22-23(28-22)18-15-12-9-10-13-16-19-25(27)29-24-20-21(24)26/h3-4,6-7,10-15,21-24H,2,5,8-9,16-20,26H2,1H3/b4-3-,7-6-,13-10-,14-11-,15-12-. The third kappa shape index (κ3) is 11.6. The average molecular weight is 400 g/mol. The molecule has 160 valence electrons. The van der Waals surface area contributed by atoms with Crippen molar-refractivity contribution in [1.29, 1.82) is 0 Å². The molecule has 1 saturated heterocycles. The Kier molecular flexibility index (Phi) is 11.4. The molecule has 29 heavy (non-hydrogen) atoms. The number of allylic oxidation sites excluding steroid dienone is 8. The Morgan fingerprint density at radius 1 is 0.897 bits per heavy atom. The predicted octanol–water partition coefficient (Wildman–Crippen LogP) is 5.32.